The van der Waals surface area contributed by atoms with Crippen LogP contribution in [0.1, 0.15) is 5.56 Å². The van der Waals surface area contributed by atoms with Crippen molar-refractivity contribution in [2.24, 2.45) is 0 Å². The third-order valence-electron chi connectivity index (χ3n) is 2.89. The van der Waals surface area contributed by atoms with E-state index in [9.17, 15) is 22.4 Å². The van der Waals surface area contributed by atoms with Gasteiger partial charge in [0.25, 0.3) is 0 Å². The molecule has 0 spiro atoms. The first-order valence-corrected chi connectivity index (χ1v) is 6.39. The zero-order valence-corrected chi connectivity index (χ0v) is 11.9. The number of benzene rings is 2. The molecule has 0 aliphatic carbocycles. The van der Waals surface area contributed by atoms with Gasteiger partial charge in [0.05, 0.1) is 18.4 Å². The van der Waals surface area contributed by atoms with E-state index in [1.807, 2.05) is 0 Å². The van der Waals surface area contributed by atoms with Crippen LogP contribution < -0.4 is 15.4 Å². The van der Waals surface area contributed by atoms with E-state index < -0.39 is 29.3 Å². The van der Waals surface area contributed by atoms with Crippen LogP contribution in [0.2, 0.25) is 0 Å². The predicted molar refractivity (Wildman–Crippen MR) is 77.0 cm³/mol. The van der Waals surface area contributed by atoms with Crippen LogP contribution in [-0.4, -0.2) is 13.1 Å². The maximum atomic E-state index is 13.5. The third kappa shape index (κ3) is 4.12. The number of carbonyl (C=O) groups excluding carboxylic acids is 1. The van der Waals surface area contributed by atoms with Crippen LogP contribution in [0.5, 0.6) is 5.75 Å². The Labute approximate surface area is 129 Å². The highest BCUT2D eigenvalue weighted by molar-refractivity contribution is 6.00. The van der Waals surface area contributed by atoms with Crippen LogP contribution in [0, 0.1) is 5.82 Å². The van der Waals surface area contributed by atoms with E-state index in [0.717, 1.165) is 18.2 Å². The van der Waals surface area contributed by atoms with Crippen molar-refractivity contribution in [1.29, 1.82) is 0 Å². The number of anilines is 2. The molecule has 0 unspecified atom stereocenters. The number of ether oxygens (including phenoxy) is 1. The molecular weight excluding hydrogens is 316 g/mol. The first-order valence-electron chi connectivity index (χ1n) is 6.39. The van der Waals surface area contributed by atoms with Gasteiger partial charge in [0.1, 0.15) is 0 Å². The molecule has 0 heterocycles. The van der Waals surface area contributed by atoms with Gasteiger partial charge in [-0.2, -0.15) is 13.2 Å². The molecule has 0 atom stereocenters. The van der Waals surface area contributed by atoms with E-state index in [4.69, 9.17) is 4.74 Å². The van der Waals surface area contributed by atoms with Crippen molar-refractivity contribution in [2.45, 2.75) is 6.18 Å². The number of halogens is 4. The Morgan fingerprint density at radius 3 is 2.39 bits per heavy atom. The molecule has 8 heteroatoms. The third-order valence-corrected chi connectivity index (χ3v) is 2.89. The Kier molecular flexibility index (Phi) is 4.73. The van der Waals surface area contributed by atoms with E-state index in [2.05, 4.69) is 10.6 Å². The van der Waals surface area contributed by atoms with Gasteiger partial charge in [-0.3, -0.25) is 0 Å². The average Bonchev–Trinajstić information content (AvgIpc) is 2.46. The van der Waals surface area contributed by atoms with Gasteiger partial charge in [0.15, 0.2) is 11.6 Å². The predicted octanol–water partition coefficient (Wildman–Crippen LogP) is 4.50. The van der Waals surface area contributed by atoms with Gasteiger partial charge in [-0.25, -0.2) is 9.18 Å². The molecule has 23 heavy (non-hydrogen) atoms. The number of hydrogen-bond acceptors (Lipinski definition) is 2. The second kappa shape index (κ2) is 6.55. The van der Waals surface area contributed by atoms with Crippen molar-refractivity contribution in [3.05, 3.63) is 53.8 Å². The van der Waals surface area contributed by atoms with Crippen molar-refractivity contribution < 1.29 is 27.1 Å². The van der Waals surface area contributed by atoms with E-state index in [1.165, 1.54) is 31.4 Å². The molecule has 2 amide bonds. The van der Waals surface area contributed by atoms with Crippen molar-refractivity contribution in [2.75, 3.05) is 17.7 Å². The van der Waals surface area contributed by atoms with Crippen LogP contribution in [0.25, 0.3) is 0 Å². The quantitative estimate of drug-likeness (QED) is 0.815. The fourth-order valence-corrected chi connectivity index (χ4v) is 1.87. The van der Waals surface area contributed by atoms with E-state index in [-0.39, 0.29) is 11.4 Å². The van der Waals surface area contributed by atoms with Crippen LogP contribution in [0.15, 0.2) is 42.5 Å². The fraction of sp³-hybridized carbons (Fsp3) is 0.133. The summed E-state index contributed by atoms with van der Waals surface area (Å²) in [6, 6.07) is 7.26. The Morgan fingerprint density at radius 1 is 1.09 bits per heavy atom. The number of para-hydroxylation sites is 1. The summed E-state index contributed by atoms with van der Waals surface area (Å²) in [6.45, 7) is 0. The smallest absolute Gasteiger partial charge is 0.418 e. The lowest BCUT2D eigenvalue weighted by Gasteiger charge is -2.14. The monoisotopic (exact) mass is 328 g/mol. The molecule has 0 saturated heterocycles. The maximum Gasteiger partial charge on any atom is 0.418 e. The zero-order valence-electron chi connectivity index (χ0n) is 11.9. The molecule has 122 valence electrons. The minimum Gasteiger partial charge on any atom is -0.494 e. The largest absolute Gasteiger partial charge is 0.494 e. The molecule has 2 rings (SSSR count). The molecule has 2 aromatic rings. The molecular formula is C15H12F4N2O2. The second-order valence-corrected chi connectivity index (χ2v) is 4.47. The number of alkyl halides is 3. The molecule has 0 fully saturated rings. The summed E-state index contributed by atoms with van der Waals surface area (Å²) in [5, 5.41) is 4.34. The van der Waals surface area contributed by atoms with Gasteiger partial charge in [-0.1, -0.05) is 12.1 Å². The van der Waals surface area contributed by atoms with Crippen molar-refractivity contribution >= 4 is 17.4 Å². The van der Waals surface area contributed by atoms with Gasteiger partial charge in [-0.15, -0.1) is 0 Å². The lowest BCUT2D eigenvalue weighted by atomic mass is 10.1. The normalized spacial score (nSPS) is 11.0. The Balaban J connectivity index is 2.13. The van der Waals surface area contributed by atoms with E-state index in [0.29, 0.717) is 0 Å². The van der Waals surface area contributed by atoms with Crippen LogP contribution in [0.3, 0.4) is 0 Å². The molecule has 2 aromatic carbocycles. The van der Waals surface area contributed by atoms with Crippen LogP contribution in [0.4, 0.5) is 33.7 Å². The Morgan fingerprint density at radius 2 is 1.78 bits per heavy atom. The lowest BCUT2D eigenvalue weighted by Crippen LogP contribution is -2.21. The second-order valence-electron chi connectivity index (χ2n) is 4.47. The van der Waals surface area contributed by atoms with E-state index >= 15 is 0 Å². The summed E-state index contributed by atoms with van der Waals surface area (Å²) in [5.41, 5.74) is -1.30. The summed E-state index contributed by atoms with van der Waals surface area (Å²) in [4.78, 5) is 11.8. The van der Waals surface area contributed by atoms with Crippen LogP contribution in [-0.2, 0) is 6.18 Å². The minimum atomic E-state index is -4.60. The highest BCUT2D eigenvalue weighted by atomic mass is 19.4. The molecule has 0 radical (unpaired) electrons. The van der Waals surface area contributed by atoms with Crippen LogP contribution >= 0.6 is 0 Å². The number of methoxy groups -OCH3 is 1. The highest BCUT2D eigenvalue weighted by Gasteiger charge is 2.33. The summed E-state index contributed by atoms with van der Waals surface area (Å²) in [6.07, 6.45) is -4.60. The lowest BCUT2D eigenvalue weighted by molar-refractivity contribution is -0.136. The van der Waals surface area contributed by atoms with Crippen molar-refractivity contribution in [3.8, 4) is 5.75 Å². The first kappa shape index (κ1) is 16.6. The molecule has 0 saturated carbocycles. The van der Waals surface area contributed by atoms with Gasteiger partial charge in [-0.05, 0) is 24.3 Å². The highest BCUT2D eigenvalue weighted by Crippen LogP contribution is 2.34. The average molecular weight is 328 g/mol. The number of carbonyl (C=O) groups is 1. The number of urea groups is 1. The maximum absolute atomic E-state index is 13.5. The van der Waals surface area contributed by atoms with Gasteiger partial charge in [0.2, 0.25) is 0 Å². The summed E-state index contributed by atoms with van der Waals surface area (Å²) < 4.78 is 56.7. The molecule has 4 nitrogen and oxygen atoms in total. The Bertz CT molecular complexity index is 717. The summed E-state index contributed by atoms with van der Waals surface area (Å²) in [7, 11) is 1.28. The first-order chi connectivity index (χ1) is 10.8. The molecule has 0 bridgehead atoms. The summed E-state index contributed by atoms with van der Waals surface area (Å²) in [5.74, 6) is -0.723. The SMILES string of the molecule is COc1ccc(NC(=O)Nc2ccccc2C(F)(F)F)cc1F. The van der Waals surface area contributed by atoms with Crippen molar-refractivity contribution in [1.82, 2.24) is 0 Å². The Hall–Kier alpha value is -2.77. The number of nitrogens with one attached hydrogen (secondary N) is 2. The molecule has 0 aliphatic rings. The van der Waals surface area contributed by atoms with Gasteiger partial charge >= 0.3 is 12.2 Å². The summed E-state index contributed by atoms with van der Waals surface area (Å²) >= 11 is 0. The topological polar surface area (TPSA) is 50.4 Å². The molecule has 0 aliphatic heterocycles. The van der Waals surface area contributed by atoms with E-state index in [1.54, 1.807) is 0 Å². The molecule has 2 N–H and O–H groups in total. The number of amides is 2. The van der Waals surface area contributed by atoms with Gasteiger partial charge in [0, 0.05) is 11.8 Å². The minimum absolute atomic E-state index is 0.0154. The van der Waals surface area contributed by atoms with Gasteiger partial charge < -0.3 is 15.4 Å². The van der Waals surface area contributed by atoms with Crippen molar-refractivity contribution in [3.63, 3.8) is 0 Å². The number of hydrogen-bond donors (Lipinski definition) is 2. The standard InChI is InChI=1S/C15H12F4N2O2/c1-23-13-7-6-9(8-11(13)16)20-14(22)21-12-5-3-2-4-10(12)15(17,18)19/h2-8H,1H3,(H2,20,21,22). The fourth-order valence-electron chi connectivity index (χ4n) is 1.87. The molecule has 0 aromatic heterocycles. The zero-order chi connectivity index (χ0) is 17.0. The number of rotatable bonds is 3.